The summed E-state index contributed by atoms with van der Waals surface area (Å²) < 4.78 is 5.16. The fourth-order valence-electron chi connectivity index (χ4n) is 2.71. The van der Waals surface area contributed by atoms with Crippen LogP contribution in [0.15, 0.2) is 66.4 Å². The summed E-state index contributed by atoms with van der Waals surface area (Å²) in [5, 5.41) is 0. The number of nitrogens with zero attached hydrogens (tertiary/aromatic N) is 1. The maximum atomic E-state index is 12.1. The Bertz CT molecular complexity index is 692. The molecule has 1 heterocycles. The van der Waals surface area contributed by atoms with Crippen LogP contribution < -0.4 is 4.90 Å². The predicted octanol–water partition coefficient (Wildman–Crippen LogP) is 3.70. The van der Waals surface area contributed by atoms with E-state index in [1.165, 1.54) is 5.56 Å². The molecular formula is C19H19NO2. The molecule has 0 unspecified atom stereocenters. The molecular weight excluding hydrogens is 274 g/mol. The Labute approximate surface area is 130 Å². The highest BCUT2D eigenvalue weighted by Crippen LogP contribution is 2.30. The van der Waals surface area contributed by atoms with Gasteiger partial charge in [0.25, 0.3) is 0 Å². The standard InChI is InChI=1S/C19H19NO2/c1-2-22-19(21)17-12-16-10-6-7-11-18(16)20(14-17)13-15-8-4-3-5-9-15/h3-11,14H,2,12-13H2,1H3. The van der Waals surface area contributed by atoms with E-state index in [1.54, 1.807) is 0 Å². The molecule has 3 nitrogen and oxygen atoms in total. The van der Waals surface area contributed by atoms with Gasteiger partial charge in [-0.15, -0.1) is 0 Å². The lowest BCUT2D eigenvalue weighted by Crippen LogP contribution is -2.25. The van der Waals surface area contributed by atoms with Gasteiger partial charge in [0.2, 0.25) is 0 Å². The molecule has 1 aliphatic rings. The summed E-state index contributed by atoms with van der Waals surface area (Å²) in [7, 11) is 0. The highest BCUT2D eigenvalue weighted by molar-refractivity contribution is 5.91. The van der Waals surface area contributed by atoms with E-state index in [1.807, 2.05) is 43.5 Å². The first-order valence-corrected chi connectivity index (χ1v) is 7.54. The zero-order chi connectivity index (χ0) is 15.4. The van der Waals surface area contributed by atoms with E-state index in [4.69, 9.17) is 4.74 Å². The van der Waals surface area contributed by atoms with Crippen molar-refractivity contribution >= 4 is 11.7 Å². The molecule has 2 aromatic carbocycles. The van der Waals surface area contributed by atoms with Crippen LogP contribution in [-0.2, 0) is 22.5 Å². The summed E-state index contributed by atoms with van der Waals surface area (Å²) in [4.78, 5) is 14.2. The van der Waals surface area contributed by atoms with Crippen LogP contribution in [0.1, 0.15) is 18.1 Å². The fraction of sp³-hybridized carbons (Fsp3) is 0.211. The van der Waals surface area contributed by atoms with Crippen molar-refractivity contribution in [2.24, 2.45) is 0 Å². The van der Waals surface area contributed by atoms with Gasteiger partial charge in [-0.3, -0.25) is 0 Å². The largest absolute Gasteiger partial charge is 0.463 e. The zero-order valence-electron chi connectivity index (χ0n) is 12.7. The van der Waals surface area contributed by atoms with Crippen LogP contribution in [0.4, 0.5) is 5.69 Å². The molecule has 112 valence electrons. The van der Waals surface area contributed by atoms with Gasteiger partial charge >= 0.3 is 5.97 Å². The number of esters is 1. The topological polar surface area (TPSA) is 29.5 Å². The van der Waals surface area contributed by atoms with Crippen LogP contribution in [0.2, 0.25) is 0 Å². The van der Waals surface area contributed by atoms with Crippen LogP contribution in [0.5, 0.6) is 0 Å². The molecule has 0 amide bonds. The van der Waals surface area contributed by atoms with Gasteiger partial charge < -0.3 is 9.64 Å². The smallest absolute Gasteiger partial charge is 0.335 e. The predicted molar refractivity (Wildman–Crippen MR) is 87.5 cm³/mol. The maximum Gasteiger partial charge on any atom is 0.335 e. The van der Waals surface area contributed by atoms with E-state index in [0.29, 0.717) is 18.6 Å². The van der Waals surface area contributed by atoms with Gasteiger partial charge in [-0.25, -0.2) is 4.79 Å². The minimum absolute atomic E-state index is 0.227. The first-order valence-electron chi connectivity index (χ1n) is 7.54. The maximum absolute atomic E-state index is 12.1. The number of ether oxygens (including phenoxy) is 1. The summed E-state index contributed by atoms with van der Waals surface area (Å²) in [6, 6.07) is 18.4. The van der Waals surface area contributed by atoms with Gasteiger partial charge in [-0.1, -0.05) is 48.5 Å². The molecule has 0 N–H and O–H groups in total. The Morgan fingerprint density at radius 3 is 2.59 bits per heavy atom. The molecule has 0 aromatic heterocycles. The normalized spacial score (nSPS) is 13.3. The van der Waals surface area contributed by atoms with Crippen molar-refractivity contribution in [2.45, 2.75) is 19.9 Å². The van der Waals surface area contributed by atoms with E-state index in [2.05, 4.69) is 29.2 Å². The second-order valence-corrected chi connectivity index (χ2v) is 5.29. The zero-order valence-corrected chi connectivity index (χ0v) is 12.7. The number of anilines is 1. The first kappa shape index (κ1) is 14.4. The molecule has 3 heteroatoms. The molecule has 0 saturated heterocycles. The molecule has 0 spiro atoms. The summed E-state index contributed by atoms with van der Waals surface area (Å²) in [5.74, 6) is -0.227. The van der Waals surface area contributed by atoms with Crippen molar-refractivity contribution in [1.29, 1.82) is 0 Å². The van der Waals surface area contributed by atoms with Crippen molar-refractivity contribution in [1.82, 2.24) is 0 Å². The number of para-hydroxylation sites is 1. The summed E-state index contributed by atoms with van der Waals surface area (Å²) >= 11 is 0. The van der Waals surface area contributed by atoms with Crippen molar-refractivity contribution in [3.63, 3.8) is 0 Å². The van der Waals surface area contributed by atoms with E-state index in [0.717, 1.165) is 17.8 Å². The number of hydrogen-bond donors (Lipinski definition) is 0. The summed E-state index contributed by atoms with van der Waals surface area (Å²) in [6.07, 6.45) is 2.55. The lowest BCUT2D eigenvalue weighted by molar-refractivity contribution is -0.138. The number of rotatable bonds is 4. The Kier molecular flexibility index (Phi) is 4.24. The third-order valence-electron chi connectivity index (χ3n) is 3.73. The number of benzene rings is 2. The molecule has 3 rings (SSSR count). The first-order chi connectivity index (χ1) is 10.8. The SMILES string of the molecule is CCOC(=O)C1=CN(Cc2ccccc2)c2ccccc2C1. The average Bonchev–Trinajstić information content (AvgIpc) is 2.56. The number of hydrogen-bond acceptors (Lipinski definition) is 3. The highest BCUT2D eigenvalue weighted by Gasteiger charge is 2.22. The van der Waals surface area contributed by atoms with Crippen LogP contribution in [0.25, 0.3) is 0 Å². The van der Waals surface area contributed by atoms with E-state index in [9.17, 15) is 4.79 Å². The van der Waals surface area contributed by atoms with Crippen LogP contribution in [0, 0.1) is 0 Å². The van der Waals surface area contributed by atoms with Gasteiger partial charge in [0, 0.05) is 24.9 Å². The second-order valence-electron chi connectivity index (χ2n) is 5.29. The molecule has 0 saturated carbocycles. The minimum Gasteiger partial charge on any atom is -0.463 e. The summed E-state index contributed by atoms with van der Waals surface area (Å²) in [5.41, 5.74) is 4.22. The van der Waals surface area contributed by atoms with Crippen molar-refractivity contribution in [3.05, 3.63) is 77.5 Å². The van der Waals surface area contributed by atoms with Gasteiger partial charge in [0.05, 0.1) is 12.2 Å². The molecule has 2 aromatic rings. The molecule has 0 atom stereocenters. The van der Waals surface area contributed by atoms with E-state index in [-0.39, 0.29) is 5.97 Å². The molecule has 0 bridgehead atoms. The van der Waals surface area contributed by atoms with Gasteiger partial charge in [0.1, 0.15) is 0 Å². The Balaban J connectivity index is 1.92. The summed E-state index contributed by atoms with van der Waals surface area (Å²) in [6.45, 7) is 2.97. The van der Waals surface area contributed by atoms with Gasteiger partial charge in [0.15, 0.2) is 0 Å². The monoisotopic (exact) mass is 293 g/mol. The third kappa shape index (κ3) is 3.03. The molecule has 0 aliphatic carbocycles. The molecule has 0 radical (unpaired) electrons. The lowest BCUT2D eigenvalue weighted by Gasteiger charge is -2.29. The lowest BCUT2D eigenvalue weighted by atomic mass is 9.99. The third-order valence-corrected chi connectivity index (χ3v) is 3.73. The molecule has 0 fully saturated rings. The Morgan fingerprint density at radius 2 is 1.82 bits per heavy atom. The Hall–Kier alpha value is -2.55. The van der Waals surface area contributed by atoms with Crippen molar-refractivity contribution in [3.8, 4) is 0 Å². The minimum atomic E-state index is -0.227. The number of carbonyl (C=O) groups excluding carboxylic acids is 1. The van der Waals surface area contributed by atoms with Crippen molar-refractivity contribution < 1.29 is 9.53 Å². The fourth-order valence-corrected chi connectivity index (χ4v) is 2.71. The molecule has 22 heavy (non-hydrogen) atoms. The van der Waals surface area contributed by atoms with E-state index >= 15 is 0 Å². The highest BCUT2D eigenvalue weighted by atomic mass is 16.5. The quantitative estimate of drug-likeness (QED) is 0.805. The Morgan fingerprint density at radius 1 is 1.09 bits per heavy atom. The van der Waals surface area contributed by atoms with Crippen molar-refractivity contribution in [2.75, 3.05) is 11.5 Å². The number of carbonyl (C=O) groups is 1. The average molecular weight is 293 g/mol. The van der Waals surface area contributed by atoms with E-state index < -0.39 is 0 Å². The second kappa shape index (κ2) is 6.48. The van der Waals surface area contributed by atoms with Gasteiger partial charge in [-0.2, -0.15) is 0 Å². The van der Waals surface area contributed by atoms with Crippen LogP contribution in [0.3, 0.4) is 0 Å². The number of fused-ring (bicyclic) bond motifs is 1. The van der Waals surface area contributed by atoms with Gasteiger partial charge in [-0.05, 0) is 24.1 Å². The molecule has 1 aliphatic heterocycles. The van der Waals surface area contributed by atoms with Crippen LogP contribution >= 0.6 is 0 Å². The van der Waals surface area contributed by atoms with Crippen LogP contribution in [-0.4, -0.2) is 12.6 Å².